The lowest BCUT2D eigenvalue weighted by molar-refractivity contribution is -0.127. The Morgan fingerprint density at radius 2 is 2.06 bits per heavy atom. The SMILES string of the molecule is CCCN(CC)CC1CC(C)(C)CCC1=O. The van der Waals surface area contributed by atoms with Crippen LogP contribution in [-0.2, 0) is 4.79 Å². The van der Waals surface area contributed by atoms with E-state index in [1.807, 2.05) is 0 Å². The molecular formula is C14H27NO. The van der Waals surface area contributed by atoms with E-state index in [4.69, 9.17) is 0 Å². The van der Waals surface area contributed by atoms with E-state index >= 15 is 0 Å². The fraction of sp³-hybridized carbons (Fsp3) is 0.929. The number of rotatable bonds is 5. The average molecular weight is 225 g/mol. The quantitative estimate of drug-likeness (QED) is 0.716. The van der Waals surface area contributed by atoms with E-state index in [0.29, 0.717) is 11.2 Å². The van der Waals surface area contributed by atoms with Crippen LogP contribution < -0.4 is 0 Å². The summed E-state index contributed by atoms with van der Waals surface area (Å²) in [5, 5.41) is 0. The molecular weight excluding hydrogens is 198 g/mol. The van der Waals surface area contributed by atoms with Crippen LogP contribution in [0.4, 0.5) is 0 Å². The summed E-state index contributed by atoms with van der Waals surface area (Å²) >= 11 is 0. The molecule has 0 aromatic carbocycles. The Balaban J connectivity index is 2.53. The first-order valence-corrected chi connectivity index (χ1v) is 6.73. The molecule has 1 atom stereocenters. The first-order chi connectivity index (χ1) is 7.48. The van der Waals surface area contributed by atoms with Gasteiger partial charge in [-0.1, -0.05) is 27.7 Å². The number of carbonyl (C=O) groups is 1. The van der Waals surface area contributed by atoms with Gasteiger partial charge in [-0.2, -0.15) is 0 Å². The second-order valence-electron chi connectivity index (χ2n) is 5.92. The van der Waals surface area contributed by atoms with Crippen LogP contribution in [0.15, 0.2) is 0 Å². The summed E-state index contributed by atoms with van der Waals surface area (Å²) in [4.78, 5) is 14.3. The van der Waals surface area contributed by atoms with Crippen LogP contribution in [0.5, 0.6) is 0 Å². The Kier molecular flexibility index (Phi) is 4.97. The van der Waals surface area contributed by atoms with E-state index in [1.165, 1.54) is 6.42 Å². The molecule has 1 aliphatic rings. The van der Waals surface area contributed by atoms with Gasteiger partial charge >= 0.3 is 0 Å². The third-order valence-electron chi connectivity index (χ3n) is 3.77. The minimum atomic E-state index is 0.287. The van der Waals surface area contributed by atoms with Gasteiger partial charge in [0, 0.05) is 18.9 Å². The van der Waals surface area contributed by atoms with Crippen molar-refractivity contribution in [1.29, 1.82) is 0 Å². The third-order valence-corrected chi connectivity index (χ3v) is 3.77. The van der Waals surface area contributed by atoms with Gasteiger partial charge in [0.1, 0.15) is 5.78 Å². The van der Waals surface area contributed by atoms with Crippen molar-refractivity contribution in [3.63, 3.8) is 0 Å². The van der Waals surface area contributed by atoms with E-state index in [0.717, 1.165) is 38.9 Å². The molecule has 1 saturated carbocycles. The molecule has 0 spiro atoms. The molecule has 0 bridgehead atoms. The summed E-state index contributed by atoms with van der Waals surface area (Å²) in [7, 11) is 0. The second-order valence-corrected chi connectivity index (χ2v) is 5.92. The highest BCUT2D eigenvalue weighted by molar-refractivity contribution is 5.82. The van der Waals surface area contributed by atoms with Gasteiger partial charge in [0.05, 0.1) is 0 Å². The van der Waals surface area contributed by atoms with Crippen molar-refractivity contribution in [2.45, 2.75) is 53.4 Å². The predicted molar refractivity (Wildman–Crippen MR) is 68.5 cm³/mol. The number of Topliss-reactive ketones (excluding diaryl/α,β-unsaturated/α-hetero) is 1. The largest absolute Gasteiger partial charge is 0.303 e. The first-order valence-electron chi connectivity index (χ1n) is 6.73. The molecule has 0 aromatic heterocycles. The van der Waals surface area contributed by atoms with Gasteiger partial charge in [0.2, 0.25) is 0 Å². The molecule has 0 aromatic rings. The van der Waals surface area contributed by atoms with Gasteiger partial charge in [-0.15, -0.1) is 0 Å². The van der Waals surface area contributed by atoms with Crippen molar-refractivity contribution < 1.29 is 4.79 Å². The molecule has 1 fully saturated rings. The summed E-state index contributed by atoms with van der Waals surface area (Å²) in [5.74, 6) is 0.782. The molecule has 1 aliphatic carbocycles. The standard InChI is InChI=1S/C14H27NO/c1-5-9-15(6-2)11-12-10-14(3,4)8-7-13(12)16/h12H,5-11H2,1-4H3. The van der Waals surface area contributed by atoms with Gasteiger partial charge in [-0.3, -0.25) is 4.79 Å². The molecule has 0 N–H and O–H groups in total. The number of hydrogen-bond donors (Lipinski definition) is 0. The zero-order chi connectivity index (χ0) is 12.2. The maximum atomic E-state index is 11.9. The molecule has 1 rings (SSSR count). The topological polar surface area (TPSA) is 20.3 Å². The molecule has 2 nitrogen and oxygen atoms in total. The van der Waals surface area contributed by atoms with E-state index in [1.54, 1.807) is 0 Å². The molecule has 0 heterocycles. The first kappa shape index (κ1) is 13.7. The average Bonchev–Trinajstić information content (AvgIpc) is 2.22. The maximum Gasteiger partial charge on any atom is 0.137 e. The lowest BCUT2D eigenvalue weighted by Gasteiger charge is -2.36. The lowest BCUT2D eigenvalue weighted by Crippen LogP contribution is -2.39. The zero-order valence-corrected chi connectivity index (χ0v) is 11.4. The highest BCUT2D eigenvalue weighted by atomic mass is 16.1. The van der Waals surface area contributed by atoms with Crippen LogP contribution >= 0.6 is 0 Å². The van der Waals surface area contributed by atoms with Crippen molar-refractivity contribution in [1.82, 2.24) is 4.90 Å². The fourth-order valence-corrected chi connectivity index (χ4v) is 2.72. The number of carbonyl (C=O) groups excluding carboxylic acids is 1. The summed E-state index contributed by atoms with van der Waals surface area (Å²) in [6.07, 6.45) is 4.12. The van der Waals surface area contributed by atoms with Crippen LogP contribution in [0.3, 0.4) is 0 Å². The molecule has 0 amide bonds. The van der Waals surface area contributed by atoms with E-state index in [9.17, 15) is 4.79 Å². The van der Waals surface area contributed by atoms with Crippen molar-refractivity contribution in [2.75, 3.05) is 19.6 Å². The highest BCUT2D eigenvalue weighted by Gasteiger charge is 2.34. The summed E-state index contributed by atoms with van der Waals surface area (Å²) < 4.78 is 0. The van der Waals surface area contributed by atoms with Crippen LogP contribution in [0.1, 0.15) is 53.4 Å². The zero-order valence-electron chi connectivity index (χ0n) is 11.4. The van der Waals surface area contributed by atoms with Crippen molar-refractivity contribution in [3.8, 4) is 0 Å². The van der Waals surface area contributed by atoms with E-state index < -0.39 is 0 Å². The van der Waals surface area contributed by atoms with Crippen LogP contribution in [0.25, 0.3) is 0 Å². The molecule has 16 heavy (non-hydrogen) atoms. The van der Waals surface area contributed by atoms with Crippen molar-refractivity contribution >= 4 is 5.78 Å². The van der Waals surface area contributed by atoms with Gasteiger partial charge < -0.3 is 4.90 Å². The van der Waals surface area contributed by atoms with Gasteiger partial charge in [0.25, 0.3) is 0 Å². The molecule has 94 valence electrons. The lowest BCUT2D eigenvalue weighted by atomic mass is 9.71. The Labute approximate surface area is 100 Å². The normalized spacial score (nSPS) is 25.1. The van der Waals surface area contributed by atoms with Crippen molar-refractivity contribution in [3.05, 3.63) is 0 Å². The minimum absolute atomic E-state index is 0.287. The molecule has 0 radical (unpaired) electrons. The van der Waals surface area contributed by atoms with E-state index in [2.05, 4.69) is 32.6 Å². The number of hydrogen-bond acceptors (Lipinski definition) is 2. The third kappa shape index (κ3) is 3.89. The highest BCUT2D eigenvalue weighted by Crippen LogP contribution is 2.36. The smallest absolute Gasteiger partial charge is 0.137 e. The summed E-state index contributed by atoms with van der Waals surface area (Å²) in [6, 6.07) is 0. The maximum absolute atomic E-state index is 11.9. The van der Waals surface area contributed by atoms with Gasteiger partial charge in [-0.05, 0) is 37.8 Å². The summed E-state index contributed by atoms with van der Waals surface area (Å²) in [6.45, 7) is 12.2. The fourth-order valence-electron chi connectivity index (χ4n) is 2.72. The van der Waals surface area contributed by atoms with Crippen molar-refractivity contribution in [2.24, 2.45) is 11.3 Å². The molecule has 2 heteroatoms. The minimum Gasteiger partial charge on any atom is -0.303 e. The predicted octanol–water partition coefficient (Wildman–Crippen LogP) is 3.11. The summed E-state index contributed by atoms with van der Waals surface area (Å²) in [5.41, 5.74) is 0.365. The second kappa shape index (κ2) is 5.81. The number of nitrogens with zero attached hydrogens (tertiary/aromatic N) is 1. The molecule has 0 aliphatic heterocycles. The van der Waals surface area contributed by atoms with Gasteiger partial charge in [-0.25, -0.2) is 0 Å². The molecule has 0 saturated heterocycles. The Morgan fingerprint density at radius 3 is 2.62 bits per heavy atom. The van der Waals surface area contributed by atoms with Gasteiger partial charge in [0.15, 0.2) is 0 Å². The Hall–Kier alpha value is -0.370. The van der Waals surface area contributed by atoms with Crippen LogP contribution in [-0.4, -0.2) is 30.3 Å². The number of ketones is 1. The Bertz CT molecular complexity index is 235. The van der Waals surface area contributed by atoms with Crippen LogP contribution in [0.2, 0.25) is 0 Å². The Morgan fingerprint density at radius 1 is 1.38 bits per heavy atom. The molecule has 1 unspecified atom stereocenters. The monoisotopic (exact) mass is 225 g/mol. The van der Waals surface area contributed by atoms with E-state index in [-0.39, 0.29) is 5.92 Å². The van der Waals surface area contributed by atoms with Crippen LogP contribution in [0, 0.1) is 11.3 Å².